The predicted molar refractivity (Wildman–Crippen MR) is 72.6 cm³/mol. The summed E-state index contributed by atoms with van der Waals surface area (Å²) in [4.78, 5) is 19.7. The summed E-state index contributed by atoms with van der Waals surface area (Å²) in [5, 5.41) is 2.50. The highest BCUT2D eigenvalue weighted by atomic mass is 35.5. The number of aromatic nitrogens is 2. The zero-order chi connectivity index (χ0) is 14.5. The molecule has 0 aliphatic heterocycles. The second-order valence-corrected chi connectivity index (χ2v) is 4.15. The fraction of sp³-hybridized carbons (Fsp3) is 0.154. The number of hydrogen-bond donors (Lipinski definition) is 1. The molecule has 0 aliphatic rings. The van der Waals surface area contributed by atoms with E-state index in [2.05, 4.69) is 15.3 Å². The highest BCUT2D eigenvalue weighted by Crippen LogP contribution is 2.20. The van der Waals surface area contributed by atoms with Crippen molar-refractivity contribution in [1.82, 2.24) is 9.97 Å². The first-order valence-electron chi connectivity index (χ1n) is 5.82. The number of carbonyl (C=O) groups is 1. The lowest BCUT2D eigenvalue weighted by molar-refractivity contribution is 0.102. The summed E-state index contributed by atoms with van der Waals surface area (Å²) in [5.74, 6) is -1.36. The van der Waals surface area contributed by atoms with Gasteiger partial charge in [-0.2, -0.15) is 0 Å². The highest BCUT2D eigenvalue weighted by molar-refractivity contribution is 6.34. The Hall–Kier alpha value is -2.21. The Kier molecular flexibility index (Phi) is 4.47. The molecule has 0 atom stereocenters. The summed E-state index contributed by atoms with van der Waals surface area (Å²) in [6.45, 7) is 2.25. The zero-order valence-electron chi connectivity index (χ0n) is 10.6. The summed E-state index contributed by atoms with van der Waals surface area (Å²) in [5.41, 5.74) is 0.0980. The van der Waals surface area contributed by atoms with Gasteiger partial charge in [0, 0.05) is 0 Å². The van der Waals surface area contributed by atoms with Crippen LogP contribution in [0.3, 0.4) is 0 Å². The lowest BCUT2D eigenvalue weighted by atomic mass is 10.2. The Morgan fingerprint density at radius 2 is 2.10 bits per heavy atom. The van der Waals surface area contributed by atoms with Gasteiger partial charge in [0.05, 0.1) is 35.3 Å². The molecular formula is C13H11ClFN3O2. The van der Waals surface area contributed by atoms with Gasteiger partial charge in [0.1, 0.15) is 5.82 Å². The number of rotatable bonds is 4. The summed E-state index contributed by atoms with van der Waals surface area (Å²) in [6.07, 6.45) is 2.73. The minimum atomic E-state index is -0.693. The molecule has 2 aromatic rings. The van der Waals surface area contributed by atoms with Crippen LogP contribution in [0.4, 0.5) is 10.1 Å². The van der Waals surface area contributed by atoms with Gasteiger partial charge in [0.15, 0.2) is 0 Å². The molecule has 1 N–H and O–H groups in total. The largest absolute Gasteiger partial charge is 0.464 e. The fourth-order valence-corrected chi connectivity index (χ4v) is 1.74. The van der Waals surface area contributed by atoms with Crippen LogP contribution < -0.4 is 10.1 Å². The Labute approximate surface area is 119 Å². The maximum Gasteiger partial charge on any atom is 0.316 e. The van der Waals surface area contributed by atoms with E-state index in [-0.39, 0.29) is 16.6 Å². The Bertz CT molecular complexity index is 599. The number of hydrogen-bond acceptors (Lipinski definition) is 4. The Morgan fingerprint density at radius 1 is 1.40 bits per heavy atom. The first-order chi connectivity index (χ1) is 9.61. The van der Waals surface area contributed by atoms with Crippen molar-refractivity contribution in [2.24, 2.45) is 0 Å². The third-order valence-electron chi connectivity index (χ3n) is 2.35. The van der Waals surface area contributed by atoms with E-state index in [1.807, 2.05) is 0 Å². The molecule has 0 spiro atoms. The molecule has 0 fully saturated rings. The monoisotopic (exact) mass is 295 g/mol. The van der Waals surface area contributed by atoms with Gasteiger partial charge in [-0.15, -0.1) is 0 Å². The summed E-state index contributed by atoms with van der Waals surface area (Å²) in [6, 6.07) is 4.23. The molecule has 0 radical (unpaired) electrons. The van der Waals surface area contributed by atoms with E-state index in [1.165, 1.54) is 24.5 Å². The number of amides is 1. The number of halogens is 2. The number of nitrogens with one attached hydrogen (secondary N) is 1. The van der Waals surface area contributed by atoms with Gasteiger partial charge in [-0.05, 0) is 19.1 Å². The first kappa shape index (κ1) is 14.2. The number of ether oxygens (including phenoxy) is 1. The van der Waals surface area contributed by atoms with E-state index in [1.54, 1.807) is 6.92 Å². The minimum Gasteiger partial charge on any atom is -0.464 e. The van der Waals surface area contributed by atoms with Crippen molar-refractivity contribution < 1.29 is 13.9 Å². The normalized spacial score (nSPS) is 10.2. The van der Waals surface area contributed by atoms with Gasteiger partial charge in [0.25, 0.3) is 5.91 Å². The third kappa shape index (κ3) is 3.21. The maximum atomic E-state index is 13.6. The van der Waals surface area contributed by atoms with E-state index in [4.69, 9.17) is 16.3 Å². The lowest BCUT2D eigenvalue weighted by Crippen LogP contribution is -2.15. The SMILES string of the molecule is CCOc1ncc(NC(=O)c2c(F)cccc2Cl)cn1. The number of benzene rings is 1. The van der Waals surface area contributed by atoms with Crippen molar-refractivity contribution in [2.75, 3.05) is 11.9 Å². The van der Waals surface area contributed by atoms with Crippen molar-refractivity contribution in [1.29, 1.82) is 0 Å². The summed E-state index contributed by atoms with van der Waals surface area (Å²) >= 11 is 5.80. The van der Waals surface area contributed by atoms with Crippen LogP contribution in [0.2, 0.25) is 5.02 Å². The van der Waals surface area contributed by atoms with Gasteiger partial charge in [-0.1, -0.05) is 17.7 Å². The third-order valence-corrected chi connectivity index (χ3v) is 2.66. The molecule has 1 amide bonds. The van der Waals surface area contributed by atoms with Crippen LogP contribution in [0.15, 0.2) is 30.6 Å². The smallest absolute Gasteiger partial charge is 0.316 e. The molecule has 0 unspecified atom stereocenters. The molecule has 0 saturated carbocycles. The van der Waals surface area contributed by atoms with Gasteiger partial charge in [-0.25, -0.2) is 14.4 Å². The van der Waals surface area contributed by atoms with E-state index in [0.29, 0.717) is 12.3 Å². The molecule has 2 rings (SSSR count). The summed E-state index contributed by atoms with van der Waals surface area (Å²) in [7, 11) is 0. The van der Waals surface area contributed by atoms with Crippen molar-refractivity contribution >= 4 is 23.2 Å². The molecule has 0 bridgehead atoms. The number of carbonyl (C=O) groups excluding carboxylic acids is 1. The van der Waals surface area contributed by atoms with Crippen molar-refractivity contribution in [2.45, 2.75) is 6.92 Å². The van der Waals surface area contributed by atoms with Gasteiger partial charge >= 0.3 is 6.01 Å². The van der Waals surface area contributed by atoms with E-state index in [0.717, 1.165) is 6.07 Å². The number of anilines is 1. The molecule has 0 aliphatic carbocycles. The molecule has 1 heterocycles. The summed E-state index contributed by atoms with van der Waals surface area (Å²) < 4.78 is 18.6. The van der Waals surface area contributed by atoms with Gasteiger partial charge in [0.2, 0.25) is 0 Å². The Morgan fingerprint density at radius 3 is 2.70 bits per heavy atom. The van der Waals surface area contributed by atoms with Crippen molar-refractivity contribution in [3.05, 3.63) is 47.0 Å². The predicted octanol–water partition coefficient (Wildman–Crippen LogP) is 2.92. The highest BCUT2D eigenvalue weighted by Gasteiger charge is 2.16. The molecule has 104 valence electrons. The molecular weight excluding hydrogens is 285 g/mol. The maximum absolute atomic E-state index is 13.6. The number of nitrogens with zero attached hydrogens (tertiary/aromatic N) is 2. The molecule has 1 aromatic carbocycles. The molecule has 0 saturated heterocycles. The first-order valence-corrected chi connectivity index (χ1v) is 6.19. The molecule has 5 nitrogen and oxygen atoms in total. The molecule has 7 heteroatoms. The topological polar surface area (TPSA) is 64.1 Å². The zero-order valence-corrected chi connectivity index (χ0v) is 11.3. The average molecular weight is 296 g/mol. The van der Waals surface area contributed by atoms with Crippen LogP contribution in [0, 0.1) is 5.82 Å². The Balaban J connectivity index is 2.15. The quantitative estimate of drug-likeness (QED) is 0.942. The van der Waals surface area contributed by atoms with E-state index >= 15 is 0 Å². The minimum absolute atomic E-state index is 0.0364. The van der Waals surface area contributed by atoms with Crippen LogP contribution in [-0.4, -0.2) is 22.5 Å². The van der Waals surface area contributed by atoms with Crippen LogP contribution >= 0.6 is 11.6 Å². The second kappa shape index (κ2) is 6.29. The fourth-order valence-electron chi connectivity index (χ4n) is 1.49. The van der Waals surface area contributed by atoms with Crippen molar-refractivity contribution in [3.8, 4) is 6.01 Å². The lowest BCUT2D eigenvalue weighted by Gasteiger charge is -2.07. The molecule has 1 aromatic heterocycles. The van der Waals surface area contributed by atoms with E-state index < -0.39 is 11.7 Å². The van der Waals surface area contributed by atoms with Crippen LogP contribution in [0.1, 0.15) is 17.3 Å². The van der Waals surface area contributed by atoms with Crippen LogP contribution in [-0.2, 0) is 0 Å². The van der Waals surface area contributed by atoms with Crippen molar-refractivity contribution in [3.63, 3.8) is 0 Å². The molecule has 20 heavy (non-hydrogen) atoms. The van der Waals surface area contributed by atoms with Gasteiger partial charge < -0.3 is 10.1 Å². The van der Waals surface area contributed by atoms with Crippen LogP contribution in [0.5, 0.6) is 6.01 Å². The van der Waals surface area contributed by atoms with Crippen LogP contribution in [0.25, 0.3) is 0 Å². The second-order valence-electron chi connectivity index (χ2n) is 3.74. The average Bonchev–Trinajstić information content (AvgIpc) is 2.41. The standard InChI is InChI=1S/C13H11ClFN3O2/c1-2-20-13-16-6-8(7-17-13)18-12(19)11-9(14)4-3-5-10(11)15/h3-7H,2H2,1H3,(H,18,19). The van der Waals surface area contributed by atoms with E-state index in [9.17, 15) is 9.18 Å². The van der Waals surface area contributed by atoms with Gasteiger partial charge in [-0.3, -0.25) is 4.79 Å².